The van der Waals surface area contributed by atoms with E-state index in [1.165, 1.54) is 15.3 Å². The summed E-state index contributed by atoms with van der Waals surface area (Å²) in [7, 11) is 0. The second kappa shape index (κ2) is 7.77. The number of nitrogens with two attached hydrogens (primary N) is 1. The van der Waals surface area contributed by atoms with Crippen LogP contribution in [0.25, 0.3) is 0 Å². The lowest BCUT2D eigenvalue weighted by Gasteiger charge is -2.17. The van der Waals surface area contributed by atoms with Crippen LogP contribution in [0.2, 0.25) is 0 Å². The normalized spacial score (nSPS) is 13.6. The van der Waals surface area contributed by atoms with Crippen molar-refractivity contribution in [3.05, 3.63) is 21.4 Å². The molecule has 2 atom stereocenters. The Labute approximate surface area is 120 Å². The van der Waals surface area contributed by atoms with Gasteiger partial charge in [-0.05, 0) is 38.8 Å². The monoisotopic (exact) mass is 290 g/mol. The number of aryl methyl sites for hydroxylation is 2. The summed E-state index contributed by atoms with van der Waals surface area (Å²) in [6.07, 6.45) is 1.67. The highest BCUT2D eigenvalue weighted by molar-refractivity contribution is 7.12. The van der Waals surface area contributed by atoms with Crippen molar-refractivity contribution in [1.29, 1.82) is 0 Å². The van der Waals surface area contributed by atoms with Gasteiger partial charge in [-0.25, -0.2) is 0 Å². The van der Waals surface area contributed by atoms with Crippen LogP contribution in [-0.2, 0) is 4.79 Å². The number of halogens is 1. The average molecular weight is 291 g/mol. The molecule has 1 amide bonds. The summed E-state index contributed by atoms with van der Waals surface area (Å²) < 4.78 is 0. The quantitative estimate of drug-likeness (QED) is 0.875. The van der Waals surface area contributed by atoms with Gasteiger partial charge in [-0.1, -0.05) is 13.3 Å². The molecule has 0 aliphatic carbocycles. The summed E-state index contributed by atoms with van der Waals surface area (Å²) in [5.41, 5.74) is 6.99. The Bertz CT molecular complexity index is 392. The first-order valence-corrected chi connectivity index (χ1v) is 6.90. The van der Waals surface area contributed by atoms with E-state index in [4.69, 9.17) is 5.73 Å². The molecule has 1 rings (SSSR count). The number of hydrogen-bond acceptors (Lipinski definition) is 3. The maximum Gasteiger partial charge on any atom is 0.237 e. The molecule has 0 bridgehead atoms. The van der Waals surface area contributed by atoms with Gasteiger partial charge in [-0.15, -0.1) is 23.7 Å². The van der Waals surface area contributed by atoms with E-state index in [1.807, 2.05) is 13.8 Å². The van der Waals surface area contributed by atoms with Gasteiger partial charge >= 0.3 is 0 Å². The van der Waals surface area contributed by atoms with Gasteiger partial charge in [0.2, 0.25) is 5.91 Å². The molecular formula is C13H23ClN2OS. The lowest BCUT2D eigenvalue weighted by atomic mass is 10.1. The third-order valence-corrected chi connectivity index (χ3v) is 3.82. The van der Waals surface area contributed by atoms with Crippen LogP contribution < -0.4 is 11.1 Å². The van der Waals surface area contributed by atoms with Gasteiger partial charge in [-0.3, -0.25) is 4.79 Å². The standard InChI is InChI=1S/C13H22N2OS.ClH/c1-5-6-12(14)13(16)15-9(3)11-7-8(2)17-10(11)4;/h7,9,12H,5-6,14H2,1-4H3,(H,15,16);1H. The SMILES string of the molecule is CCCC(N)C(=O)NC(C)c1cc(C)sc1C.Cl. The van der Waals surface area contributed by atoms with E-state index >= 15 is 0 Å². The minimum absolute atomic E-state index is 0. The third-order valence-electron chi connectivity index (χ3n) is 2.84. The molecule has 0 aliphatic rings. The van der Waals surface area contributed by atoms with Gasteiger partial charge in [0, 0.05) is 9.75 Å². The average Bonchev–Trinajstić information content (AvgIpc) is 2.58. The minimum atomic E-state index is -0.387. The van der Waals surface area contributed by atoms with Crippen LogP contribution in [0, 0.1) is 13.8 Å². The predicted molar refractivity (Wildman–Crippen MR) is 80.5 cm³/mol. The van der Waals surface area contributed by atoms with Gasteiger partial charge in [0.1, 0.15) is 0 Å². The van der Waals surface area contributed by atoms with Crippen LogP contribution in [0.4, 0.5) is 0 Å². The Hall–Kier alpha value is -0.580. The molecule has 0 saturated heterocycles. The highest BCUT2D eigenvalue weighted by Gasteiger charge is 2.17. The summed E-state index contributed by atoms with van der Waals surface area (Å²) in [4.78, 5) is 14.3. The van der Waals surface area contributed by atoms with Crippen LogP contribution >= 0.6 is 23.7 Å². The maximum atomic E-state index is 11.8. The number of amides is 1. The van der Waals surface area contributed by atoms with E-state index in [2.05, 4.69) is 25.2 Å². The van der Waals surface area contributed by atoms with E-state index in [0.717, 1.165) is 12.8 Å². The molecule has 1 heterocycles. The highest BCUT2D eigenvalue weighted by atomic mass is 35.5. The second-order valence-electron chi connectivity index (χ2n) is 4.49. The smallest absolute Gasteiger partial charge is 0.237 e. The van der Waals surface area contributed by atoms with E-state index in [1.54, 1.807) is 11.3 Å². The van der Waals surface area contributed by atoms with Crippen molar-refractivity contribution in [2.24, 2.45) is 5.73 Å². The summed E-state index contributed by atoms with van der Waals surface area (Å²) in [6.45, 7) is 8.20. The first-order chi connectivity index (χ1) is 7.95. The zero-order valence-corrected chi connectivity index (χ0v) is 13.1. The first-order valence-electron chi connectivity index (χ1n) is 6.08. The molecule has 0 fully saturated rings. The van der Waals surface area contributed by atoms with Gasteiger partial charge in [0.15, 0.2) is 0 Å². The molecule has 5 heteroatoms. The van der Waals surface area contributed by atoms with Crippen molar-refractivity contribution >= 4 is 29.7 Å². The van der Waals surface area contributed by atoms with Crippen molar-refractivity contribution in [3.63, 3.8) is 0 Å². The fourth-order valence-corrected chi connectivity index (χ4v) is 2.94. The molecule has 3 N–H and O–H groups in total. The topological polar surface area (TPSA) is 55.1 Å². The van der Waals surface area contributed by atoms with Crippen LogP contribution in [0.5, 0.6) is 0 Å². The van der Waals surface area contributed by atoms with Crippen LogP contribution in [-0.4, -0.2) is 11.9 Å². The van der Waals surface area contributed by atoms with Crippen molar-refractivity contribution in [3.8, 4) is 0 Å². The van der Waals surface area contributed by atoms with Gasteiger partial charge in [0.25, 0.3) is 0 Å². The molecule has 3 nitrogen and oxygen atoms in total. The first kappa shape index (κ1) is 17.4. The molecular weight excluding hydrogens is 268 g/mol. The van der Waals surface area contributed by atoms with Gasteiger partial charge in [-0.2, -0.15) is 0 Å². The summed E-state index contributed by atoms with van der Waals surface area (Å²) in [5.74, 6) is -0.0531. The Balaban J connectivity index is 0.00000289. The second-order valence-corrected chi connectivity index (χ2v) is 5.95. The lowest BCUT2D eigenvalue weighted by molar-refractivity contribution is -0.123. The Morgan fingerprint density at radius 2 is 2.11 bits per heavy atom. The molecule has 0 saturated carbocycles. The van der Waals surface area contributed by atoms with Gasteiger partial charge < -0.3 is 11.1 Å². The summed E-state index contributed by atoms with van der Waals surface area (Å²) in [6, 6.07) is 1.79. The van der Waals surface area contributed by atoms with Gasteiger partial charge in [0.05, 0.1) is 12.1 Å². The number of carbonyl (C=O) groups is 1. The number of carbonyl (C=O) groups excluding carboxylic acids is 1. The largest absolute Gasteiger partial charge is 0.348 e. The lowest BCUT2D eigenvalue weighted by Crippen LogP contribution is -2.41. The van der Waals surface area contributed by atoms with E-state index in [0.29, 0.717) is 0 Å². The number of hydrogen-bond donors (Lipinski definition) is 2. The zero-order valence-electron chi connectivity index (χ0n) is 11.4. The van der Waals surface area contributed by atoms with E-state index in [9.17, 15) is 4.79 Å². The molecule has 0 aromatic carbocycles. The number of nitrogens with one attached hydrogen (secondary N) is 1. The number of thiophene rings is 1. The Kier molecular flexibility index (Phi) is 7.52. The van der Waals surface area contributed by atoms with Crippen molar-refractivity contribution in [2.45, 2.75) is 52.6 Å². The molecule has 18 heavy (non-hydrogen) atoms. The molecule has 0 radical (unpaired) electrons. The van der Waals surface area contributed by atoms with Crippen LogP contribution in [0.3, 0.4) is 0 Å². The summed E-state index contributed by atoms with van der Waals surface area (Å²) >= 11 is 1.76. The highest BCUT2D eigenvalue weighted by Crippen LogP contribution is 2.26. The molecule has 104 valence electrons. The van der Waals surface area contributed by atoms with E-state index < -0.39 is 0 Å². The Morgan fingerprint density at radius 1 is 1.50 bits per heavy atom. The molecule has 0 aliphatic heterocycles. The fraction of sp³-hybridized carbons (Fsp3) is 0.615. The third kappa shape index (κ3) is 4.59. The fourth-order valence-electron chi connectivity index (χ4n) is 1.92. The van der Waals surface area contributed by atoms with Crippen molar-refractivity contribution < 1.29 is 4.79 Å². The Morgan fingerprint density at radius 3 is 2.56 bits per heavy atom. The predicted octanol–water partition coefficient (Wildman–Crippen LogP) is 3.09. The van der Waals surface area contributed by atoms with Crippen molar-refractivity contribution in [2.75, 3.05) is 0 Å². The van der Waals surface area contributed by atoms with Crippen LogP contribution in [0.1, 0.15) is 48.0 Å². The zero-order chi connectivity index (χ0) is 13.0. The maximum absolute atomic E-state index is 11.8. The summed E-state index contributed by atoms with van der Waals surface area (Å²) in [5, 5.41) is 2.98. The minimum Gasteiger partial charge on any atom is -0.348 e. The molecule has 2 unspecified atom stereocenters. The van der Waals surface area contributed by atoms with Crippen LogP contribution in [0.15, 0.2) is 6.07 Å². The molecule has 1 aromatic rings. The van der Waals surface area contributed by atoms with E-state index in [-0.39, 0.29) is 30.4 Å². The molecule has 0 spiro atoms. The molecule has 1 aromatic heterocycles. The number of rotatable bonds is 5. The van der Waals surface area contributed by atoms with Crippen molar-refractivity contribution in [1.82, 2.24) is 5.32 Å².